The molecule has 3 unspecified atom stereocenters. The highest BCUT2D eigenvalue weighted by Crippen LogP contribution is 2.24. The molecule has 1 heterocycles. The van der Waals surface area contributed by atoms with E-state index in [1.165, 1.54) is 5.56 Å². The number of hydrogen-bond acceptors (Lipinski definition) is 3. The molecule has 1 aromatic carbocycles. The SMILES string of the molecule is Cl.Cl.NC1CCC(C(=O)NC2CCN(Cc3ccccc3)C2)C1. The highest BCUT2D eigenvalue weighted by Gasteiger charge is 2.30. The van der Waals surface area contributed by atoms with Gasteiger partial charge in [-0.1, -0.05) is 30.3 Å². The summed E-state index contributed by atoms with van der Waals surface area (Å²) >= 11 is 0. The number of nitrogens with zero attached hydrogens (tertiary/aromatic N) is 1. The van der Waals surface area contributed by atoms with Gasteiger partial charge in [-0.15, -0.1) is 24.8 Å². The van der Waals surface area contributed by atoms with E-state index in [1.807, 2.05) is 6.07 Å². The number of halogens is 2. The van der Waals surface area contributed by atoms with Crippen LogP contribution in [-0.2, 0) is 11.3 Å². The molecule has 1 aliphatic carbocycles. The lowest BCUT2D eigenvalue weighted by Gasteiger charge is -2.18. The predicted molar refractivity (Wildman–Crippen MR) is 98.1 cm³/mol. The first-order valence-electron chi connectivity index (χ1n) is 8.03. The molecule has 1 amide bonds. The molecule has 4 nitrogen and oxygen atoms in total. The van der Waals surface area contributed by atoms with Gasteiger partial charge in [0.1, 0.15) is 0 Å². The van der Waals surface area contributed by atoms with E-state index in [-0.39, 0.29) is 42.7 Å². The lowest BCUT2D eigenvalue weighted by molar-refractivity contribution is -0.125. The molecule has 1 saturated heterocycles. The summed E-state index contributed by atoms with van der Waals surface area (Å²) in [4.78, 5) is 14.6. The van der Waals surface area contributed by atoms with Gasteiger partial charge in [-0.25, -0.2) is 0 Å². The van der Waals surface area contributed by atoms with Gasteiger partial charge in [-0.05, 0) is 31.2 Å². The molecule has 0 bridgehead atoms. The lowest BCUT2D eigenvalue weighted by Crippen LogP contribution is -2.40. The van der Waals surface area contributed by atoms with Gasteiger partial charge in [0.05, 0.1) is 0 Å². The maximum Gasteiger partial charge on any atom is 0.223 e. The smallest absolute Gasteiger partial charge is 0.223 e. The van der Waals surface area contributed by atoms with E-state index in [2.05, 4.69) is 34.5 Å². The van der Waals surface area contributed by atoms with Crippen LogP contribution in [0.5, 0.6) is 0 Å². The Labute approximate surface area is 151 Å². The summed E-state index contributed by atoms with van der Waals surface area (Å²) in [6.07, 6.45) is 3.85. The van der Waals surface area contributed by atoms with E-state index in [9.17, 15) is 4.79 Å². The van der Waals surface area contributed by atoms with Crippen molar-refractivity contribution in [1.29, 1.82) is 0 Å². The van der Waals surface area contributed by atoms with Crippen molar-refractivity contribution in [3.8, 4) is 0 Å². The molecule has 1 saturated carbocycles. The molecule has 1 aromatic rings. The van der Waals surface area contributed by atoms with Gasteiger partial charge in [0.25, 0.3) is 0 Å². The summed E-state index contributed by atoms with van der Waals surface area (Å²) in [5, 5.41) is 3.22. The molecule has 23 heavy (non-hydrogen) atoms. The molecule has 3 rings (SSSR count). The van der Waals surface area contributed by atoms with Crippen molar-refractivity contribution in [2.75, 3.05) is 13.1 Å². The van der Waals surface area contributed by atoms with Crippen LogP contribution in [0, 0.1) is 5.92 Å². The van der Waals surface area contributed by atoms with Crippen molar-refractivity contribution in [3.63, 3.8) is 0 Å². The standard InChI is InChI=1S/C17H25N3O.2ClH/c18-15-7-6-14(10-15)17(21)19-16-8-9-20(12-16)11-13-4-2-1-3-5-13;;/h1-5,14-16H,6-12,18H2,(H,19,21);2*1H. The van der Waals surface area contributed by atoms with Gasteiger partial charge in [0.2, 0.25) is 5.91 Å². The number of carbonyl (C=O) groups is 1. The number of likely N-dealkylation sites (tertiary alicyclic amines) is 1. The molecule has 6 heteroatoms. The minimum absolute atomic E-state index is 0. The van der Waals surface area contributed by atoms with Crippen molar-refractivity contribution < 1.29 is 4.79 Å². The Kier molecular flexibility index (Phi) is 8.34. The highest BCUT2D eigenvalue weighted by atomic mass is 35.5. The summed E-state index contributed by atoms with van der Waals surface area (Å²) in [7, 11) is 0. The van der Waals surface area contributed by atoms with Crippen LogP contribution < -0.4 is 11.1 Å². The maximum atomic E-state index is 12.2. The Balaban J connectivity index is 0.00000132. The van der Waals surface area contributed by atoms with Crippen molar-refractivity contribution in [1.82, 2.24) is 10.2 Å². The molecular weight excluding hydrogens is 333 g/mol. The largest absolute Gasteiger partial charge is 0.352 e. The van der Waals surface area contributed by atoms with Crippen LogP contribution in [0.3, 0.4) is 0 Å². The second-order valence-electron chi connectivity index (χ2n) is 6.48. The molecule has 0 aromatic heterocycles. The first-order chi connectivity index (χ1) is 10.2. The number of benzene rings is 1. The second-order valence-corrected chi connectivity index (χ2v) is 6.48. The minimum atomic E-state index is 0. The van der Waals surface area contributed by atoms with E-state index >= 15 is 0 Å². The van der Waals surface area contributed by atoms with E-state index in [1.54, 1.807) is 0 Å². The third-order valence-electron chi connectivity index (χ3n) is 4.71. The Bertz CT molecular complexity index is 486. The topological polar surface area (TPSA) is 58.4 Å². The fraction of sp³-hybridized carbons (Fsp3) is 0.588. The summed E-state index contributed by atoms with van der Waals surface area (Å²) in [5.41, 5.74) is 7.23. The summed E-state index contributed by atoms with van der Waals surface area (Å²) < 4.78 is 0. The van der Waals surface area contributed by atoms with Gasteiger partial charge in [-0.3, -0.25) is 9.69 Å². The van der Waals surface area contributed by atoms with Crippen LogP contribution in [-0.4, -0.2) is 36.0 Å². The van der Waals surface area contributed by atoms with Crippen LogP contribution >= 0.6 is 24.8 Å². The fourth-order valence-electron chi connectivity index (χ4n) is 3.51. The monoisotopic (exact) mass is 359 g/mol. The van der Waals surface area contributed by atoms with Crippen molar-refractivity contribution in [2.45, 2.75) is 44.3 Å². The fourth-order valence-corrected chi connectivity index (χ4v) is 3.51. The average Bonchev–Trinajstić information content (AvgIpc) is 3.09. The predicted octanol–water partition coefficient (Wildman–Crippen LogP) is 2.35. The third-order valence-corrected chi connectivity index (χ3v) is 4.71. The third kappa shape index (κ3) is 5.64. The molecule has 2 aliphatic rings. The maximum absolute atomic E-state index is 12.2. The molecule has 3 atom stereocenters. The molecule has 130 valence electrons. The Morgan fingerprint density at radius 3 is 2.57 bits per heavy atom. The van der Waals surface area contributed by atoms with E-state index in [0.29, 0.717) is 6.04 Å². The molecule has 2 fully saturated rings. The molecule has 0 radical (unpaired) electrons. The van der Waals surface area contributed by atoms with Crippen LogP contribution in [0.15, 0.2) is 30.3 Å². The zero-order chi connectivity index (χ0) is 14.7. The molecule has 3 N–H and O–H groups in total. The second kappa shape index (κ2) is 9.48. The van der Waals surface area contributed by atoms with Crippen LogP contribution in [0.25, 0.3) is 0 Å². The first-order valence-corrected chi connectivity index (χ1v) is 8.03. The number of nitrogens with one attached hydrogen (secondary N) is 1. The van der Waals surface area contributed by atoms with Gasteiger partial charge in [-0.2, -0.15) is 0 Å². The molecular formula is C17H27Cl2N3O. The Morgan fingerprint density at radius 2 is 1.91 bits per heavy atom. The van der Waals surface area contributed by atoms with E-state index in [4.69, 9.17) is 5.73 Å². The van der Waals surface area contributed by atoms with Crippen LogP contribution in [0.1, 0.15) is 31.2 Å². The van der Waals surface area contributed by atoms with Gasteiger partial charge >= 0.3 is 0 Å². The lowest BCUT2D eigenvalue weighted by atomic mass is 10.1. The van der Waals surface area contributed by atoms with Crippen molar-refractivity contribution >= 4 is 30.7 Å². The first kappa shape index (κ1) is 20.2. The number of carbonyl (C=O) groups excluding carboxylic acids is 1. The number of nitrogens with two attached hydrogens (primary N) is 1. The number of hydrogen-bond donors (Lipinski definition) is 2. The van der Waals surface area contributed by atoms with Crippen LogP contribution in [0.2, 0.25) is 0 Å². The highest BCUT2D eigenvalue weighted by molar-refractivity contribution is 5.85. The summed E-state index contributed by atoms with van der Waals surface area (Å²) in [6.45, 7) is 2.99. The van der Waals surface area contributed by atoms with Crippen LogP contribution in [0.4, 0.5) is 0 Å². The van der Waals surface area contributed by atoms with Crippen molar-refractivity contribution in [3.05, 3.63) is 35.9 Å². The van der Waals surface area contributed by atoms with E-state index in [0.717, 1.165) is 45.3 Å². The summed E-state index contributed by atoms with van der Waals surface area (Å²) in [5.74, 6) is 0.359. The number of amides is 1. The zero-order valence-corrected chi connectivity index (χ0v) is 15.0. The van der Waals surface area contributed by atoms with Gasteiger partial charge < -0.3 is 11.1 Å². The zero-order valence-electron chi connectivity index (χ0n) is 13.3. The van der Waals surface area contributed by atoms with E-state index < -0.39 is 0 Å². The normalized spacial score (nSPS) is 27.1. The summed E-state index contributed by atoms with van der Waals surface area (Å²) in [6, 6.07) is 11.0. The van der Waals surface area contributed by atoms with Gasteiger partial charge in [0.15, 0.2) is 0 Å². The quantitative estimate of drug-likeness (QED) is 0.867. The van der Waals surface area contributed by atoms with Crippen molar-refractivity contribution in [2.24, 2.45) is 11.7 Å². The molecule has 0 spiro atoms. The van der Waals surface area contributed by atoms with Gasteiger partial charge in [0, 0.05) is 37.6 Å². The minimum Gasteiger partial charge on any atom is -0.352 e. The number of rotatable bonds is 4. The Morgan fingerprint density at radius 1 is 1.17 bits per heavy atom. The Hall–Kier alpha value is -0.810. The molecule has 1 aliphatic heterocycles. The average molecular weight is 360 g/mol.